The molecule has 0 saturated heterocycles. The second-order valence-electron chi connectivity index (χ2n) is 3.45. The molecule has 0 fully saturated rings. The Morgan fingerprint density at radius 2 is 1.80 bits per heavy atom. The van der Waals surface area contributed by atoms with Gasteiger partial charge in [0.25, 0.3) is 0 Å². The fraction of sp³-hybridized carbons (Fsp3) is 0.400. The highest BCUT2D eigenvalue weighted by Gasteiger charge is 2.49. The number of halogens is 4. The molecule has 1 aromatic rings. The molecule has 0 saturated carbocycles. The Kier molecular flexibility index (Phi) is 5.11. The van der Waals surface area contributed by atoms with Crippen LogP contribution in [0.4, 0.5) is 13.2 Å². The highest BCUT2D eigenvalue weighted by atomic mass is 35.5. The SMILES string of the molecule is COc1ccc(C(Cl)OC)cc1OS(=O)(=O)C(F)(F)F. The second-order valence-corrected chi connectivity index (χ2v) is 5.38. The van der Waals surface area contributed by atoms with E-state index in [1.165, 1.54) is 19.2 Å². The lowest BCUT2D eigenvalue weighted by molar-refractivity contribution is -0.0500. The summed E-state index contributed by atoms with van der Waals surface area (Å²) in [7, 11) is -3.37. The van der Waals surface area contributed by atoms with Crippen molar-refractivity contribution in [1.82, 2.24) is 0 Å². The molecular formula is C10H10ClF3O5S. The van der Waals surface area contributed by atoms with Crippen LogP contribution in [0.3, 0.4) is 0 Å². The van der Waals surface area contributed by atoms with Crippen molar-refractivity contribution in [2.24, 2.45) is 0 Å². The van der Waals surface area contributed by atoms with Gasteiger partial charge in [0, 0.05) is 7.11 Å². The molecule has 0 amide bonds. The van der Waals surface area contributed by atoms with Crippen molar-refractivity contribution in [3.63, 3.8) is 0 Å². The molecular weight excluding hydrogens is 325 g/mol. The number of alkyl halides is 4. The van der Waals surface area contributed by atoms with Crippen LogP contribution in [0.1, 0.15) is 11.1 Å². The van der Waals surface area contributed by atoms with E-state index in [1.807, 2.05) is 0 Å². The van der Waals surface area contributed by atoms with Crippen LogP contribution in [0, 0.1) is 0 Å². The molecule has 0 spiro atoms. The summed E-state index contributed by atoms with van der Waals surface area (Å²) in [6.07, 6.45) is 0. The lowest BCUT2D eigenvalue weighted by Gasteiger charge is -2.14. The topological polar surface area (TPSA) is 61.8 Å². The van der Waals surface area contributed by atoms with E-state index < -0.39 is 26.9 Å². The Balaban J connectivity index is 3.22. The van der Waals surface area contributed by atoms with Gasteiger partial charge in [-0.3, -0.25) is 0 Å². The first-order valence-electron chi connectivity index (χ1n) is 4.98. The van der Waals surface area contributed by atoms with Gasteiger partial charge in [-0.25, -0.2) is 0 Å². The monoisotopic (exact) mass is 334 g/mol. The third-order valence-electron chi connectivity index (χ3n) is 2.14. The number of benzene rings is 1. The van der Waals surface area contributed by atoms with E-state index in [4.69, 9.17) is 21.1 Å². The van der Waals surface area contributed by atoms with Gasteiger partial charge in [0.1, 0.15) is 0 Å². The zero-order valence-corrected chi connectivity index (χ0v) is 11.8. The van der Waals surface area contributed by atoms with E-state index in [0.717, 1.165) is 13.2 Å². The summed E-state index contributed by atoms with van der Waals surface area (Å²) in [5.74, 6) is -0.827. The normalized spacial score (nSPS) is 13.9. The average molecular weight is 335 g/mol. The third-order valence-corrected chi connectivity index (χ3v) is 3.54. The van der Waals surface area contributed by atoms with Crippen LogP contribution >= 0.6 is 11.6 Å². The largest absolute Gasteiger partial charge is 0.534 e. The fourth-order valence-corrected chi connectivity index (χ4v) is 1.80. The smallest absolute Gasteiger partial charge is 0.493 e. The molecule has 1 unspecified atom stereocenters. The number of methoxy groups -OCH3 is 2. The Bertz CT molecular complexity index is 573. The molecule has 0 aliphatic heterocycles. The standard InChI is InChI=1S/C10H10ClF3O5S/c1-17-7-4-3-6(9(11)18-2)5-8(7)19-20(15,16)10(12,13)14/h3-5,9H,1-2H3. The number of hydrogen-bond donors (Lipinski definition) is 0. The average Bonchev–Trinajstić information content (AvgIpc) is 2.36. The predicted molar refractivity (Wildman–Crippen MR) is 64.2 cm³/mol. The number of hydrogen-bond acceptors (Lipinski definition) is 5. The van der Waals surface area contributed by atoms with Gasteiger partial charge in [-0.05, 0) is 17.7 Å². The zero-order chi connectivity index (χ0) is 15.6. The molecule has 0 aliphatic carbocycles. The van der Waals surface area contributed by atoms with E-state index in [9.17, 15) is 21.6 Å². The molecule has 5 nitrogen and oxygen atoms in total. The molecule has 20 heavy (non-hydrogen) atoms. The van der Waals surface area contributed by atoms with Crippen molar-refractivity contribution in [3.8, 4) is 11.5 Å². The maximum absolute atomic E-state index is 12.3. The van der Waals surface area contributed by atoms with Crippen molar-refractivity contribution in [2.75, 3.05) is 14.2 Å². The van der Waals surface area contributed by atoms with Crippen LogP contribution in [0.2, 0.25) is 0 Å². The minimum atomic E-state index is -5.80. The minimum absolute atomic E-state index is 0.193. The molecule has 0 bridgehead atoms. The van der Waals surface area contributed by atoms with Crippen molar-refractivity contribution in [2.45, 2.75) is 11.1 Å². The van der Waals surface area contributed by atoms with Gasteiger partial charge in [-0.1, -0.05) is 17.7 Å². The summed E-state index contributed by atoms with van der Waals surface area (Å²) in [5, 5.41) is 0. The number of rotatable bonds is 5. The molecule has 1 rings (SSSR count). The van der Waals surface area contributed by atoms with E-state index >= 15 is 0 Å². The molecule has 0 aromatic heterocycles. The van der Waals surface area contributed by atoms with Crippen LogP contribution in [0.5, 0.6) is 11.5 Å². The van der Waals surface area contributed by atoms with Gasteiger partial charge >= 0.3 is 15.6 Å². The minimum Gasteiger partial charge on any atom is -0.493 e. The Morgan fingerprint density at radius 1 is 1.20 bits per heavy atom. The van der Waals surface area contributed by atoms with Crippen LogP contribution < -0.4 is 8.92 Å². The molecule has 1 atom stereocenters. The van der Waals surface area contributed by atoms with Crippen LogP contribution in [0.25, 0.3) is 0 Å². The van der Waals surface area contributed by atoms with Crippen molar-refractivity contribution < 1.29 is 35.2 Å². The summed E-state index contributed by atoms with van der Waals surface area (Å²) in [6.45, 7) is 0. The summed E-state index contributed by atoms with van der Waals surface area (Å²) in [4.78, 5) is 0. The van der Waals surface area contributed by atoms with Crippen LogP contribution in [-0.4, -0.2) is 28.1 Å². The first-order chi connectivity index (χ1) is 9.12. The first-order valence-corrected chi connectivity index (χ1v) is 6.82. The summed E-state index contributed by atoms with van der Waals surface area (Å²) in [6, 6.07) is 3.60. The lowest BCUT2D eigenvalue weighted by atomic mass is 10.2. The maximum Gasteiger partial charge on any atom is 0.534 e. The van der Waals surface area contributed by atoms with Gasteiger partial charge < -0.3 is 13.7 Å². The first kappa shape index (κ1) is 16.9. The van der Waals surface area contributed by atoms with Crippen molar-refractivity contribution in [1.29, 1.82) is 0 Å². The lowest BCUT2D eigenvalue weighted by Crippen LogP contribution is -2.28. The van der Waals surface area contributed by atoms with E-state index in [0.29, 0.717) is 0 Å². The van der Waals surface area contributed by atoms with Gasteiger partial charge in [0.05, 0.1) is 7.11 Å². The van der Waals surface area contributed by atoms with E-state index in [-0.39, 0.29) is 11.3 Å². The molecule has 1 aromatic carbocycles. The Hall–Kier alpha value is -1.19. The van der Waals surface area contributed by atoms with E-state index in [2.05, 4.69) is 4.18 Å². The molecule has 0 heterocycles. The van der Waals surface area contributed by atoms with Crippen LogP contribution in [-0.2, 0) is 14.9 Å². The summed E-state index contributed by atoms with van der Waals surface area (Å²) in [5.41, 5.74) is -6.31. The molecule has 0 radical (unpaired) electrons. The maximum atomic E-state index is 12.3. The number of ether oxygens (including phenoxy) is 2. The molecule has 10 heteroatoms. The quantitative estimate of drug-likeness (QED) is 0.471. The van der Waals surface area contributed by atoms with Gasteiger partial charge in [-0.2, -0.15) is 21.6 Å². The van der Waals surface area contributed by atoms with Crippen molar-refractivity contribution in [3.05, 3.63) is 23.8 Å². The molecule has 114 valence electrons. The fourth-order valence-electron chi connectivity index (χ4n) is 1.20. The highest BCUT2D eigenvalue weighted by Crippen LogP contribution is 2.36. The zero-order valence-electron chi connectivity index (χ0n) is 10.3. The predicted octanol–water partition coefficient (Wildman–Crippen LogP) is 2.81. The summed E-state index contributed by atoms with van der Waals surface area (Å²) < 4.78 is 72.3. The van der Waals surface area contributed by atoms with Gasteiger partial charge in [0.2, 0.25) is 0 Å². The third kappa shape index (κ3) is 3.68. The molecule has 0 N–H and O–H groups in total. The second kappa shape index (κ2) is 6.06. The Labute approximate surface area is 118 Å². The summed E-state index contributed by atoms with van der Waals surface area (Å²) >= 11 is 5.73. The van der Waals surface area contributed by atoms with Gasteiger partial charge in [-0.15, -0.1) is 0 Å². The highest BCUT2D eigenvalue weighted by molar-refractivity contribution is 7.88. The van der Waals surface area contributed by atoms with E-state index in [1.54, 1.807) is 0 Å². The van der Waals surface area contributed by atoms with Crippen LogP contribution in [0.15, 0.2) is 18.2 Å². The Morgan fingerprint density at radius 3 is 2.25 bits per heavy atom. The molecule has 0 aliphatic rings. The van der Waals surface area contributed by atoms with Gasteiger partial charge in [0.15, 0.2) is 17.1 Å². The van der Waals surface area contributed by atoms with Crippen molar-refractivity contribution >= 4 is 21.7 Å².